The third-order valence-corrected chi connectivity index (χ3v) is 6.29. The number of allylic oxidation sites excluding steroid dienone is 3. The molecule has 9 heteroatoms. The van der Waals surface area contributed by atoms with Crippen LogP contribution in [-0.2, 0) is 6.42 Å². The standard InChI is InChI=1S/C25H28F2N6O/c1-4-20-21(16(9-28)6-5-15(2)29)23(31-14-30-20)17-7-18(26)22(19(27)8-17)24(34)33-12-25(13-33)10-32(3)11-25/h5-9,14H,2,4,10-13,28-29H2,1,3H3/b6-5-,16-9+. The highest BCUT2D eigenvalue weighted by Crippen LogP contribution is 2.40. The van der Waals surface area contributed by atoms with E-state index >= 15 is 8.78 Å². The normalized spacial score (nSPS) is 17.6. The number of benzene rings is 1. The number of amides is 1. The number of likely N-dealkylation sites (tertiary alicyclic amines) is 2. The summed E-state index contributed by atoms with van der Waals surface area (Å²) in [7, 11) is 2.01. The first kappa shape index (κ1) is 23.6. The highest BCUT2D eigenvalue weighted by atomic mass is 19.1. The van der Waals surface area contributed by atoms with E-state index < -0.39 is 23.1 Å². The molecule has 0 unspecified atom stereocenters. The predicted octanol–water partition coefficient (Wildman–Crippen LogP) is 2.70. The topological polar surface area (TPSA) is 101 Å². The summed E-state index contributed by atoms with van der Waals surface area (Å²) < 4.78 is 30.3. The summed E-state index contributed by atoms with van der Waals surface area (Å²) in [5.74, 6) is -2.50. The minimum Gasteiger partial charge on any atom is -0.404 e. The van der Waals surface area contributed by atoms with Gasteiger partial charge in [0.15, 0.2) is 0 Å². The molecule has 4 rings (SSSR count). The summed E-state index contributed by atoms with van der Waals surface area (Å²) in [5.41, 5.74) is 13.5. The Morgan fingerprint density at radius 2 is 1.79 bits per heavy atom. The van der Waals surface area contributed by atoms with Crippen LogP contribution in [0.25, 0.3) is 16.8 Å². The van der Waals surface area contributed by atoms with Crippen molar-refractivity contribution < 1.29 is 13.6 Å². The van der Waals surface area contributed by atoms with Crippen molar-refractivity contribution in [3.8, 4) is 11.3 Å². The van der Waals surface area contributed by atoms with Crippen molar-refractivity contribution in [2.45, 2.75) is 13.3 Å². The highest BCUT2D eigenvalue weighted by Gasteiger charge is 2.52. The molecule has 2 aliphatic rings. The summed E-state index contributed by atoms with van der Waals surface area (Å²) in [6.45, 7) is 8.33. The van der Waals surface area contributed by atoms with Gasteiger partial charge in [-0.15, -0.1) is 0 Å². The maximum atomic E-state index is 15.1. The van der Waals surface area contributed by atoms with E-state index in [0.29, 0.717) is 47.7 Å². The van der Waals surface area contributed by atoms with Crippen LogP contribution in [0, 0.1) is 17.0 Å². The molecule has 178 valence electrons. The van der Waals surface area contributed by atoms with E-state index in [1.807, 2.05) is 14.0 Å². The Morgan fingerprint density at radius 3 is 2.32 bits per heavy atom. The number of hydrogen-bond acceptors (Lipinski definition) is 6. The van der Waals surface area contributed by atoms with Crippen LogP contribution in [0.2, 0.25) is 0 Å². The Labute approximate surface area is 197 Å². The van der Waals surface area contributed by atoms with Gasteiger partial charge in [0.2, 0.25) is 0 Å². The van der Waals surface area contributed by atoms with E-state index in [2.05, 4.69) is 21.4 Å². The van der Waals surface area contributed by atoms with Crippen LogP contribution in [0.1, 0.15) is 28.5 Å². The van der Waals surface area contributed by atoms with Crippen LogP contribution in [0.15, 0.2) is 49.1 Å². The number of rotatable bonds is 6. The molecule has 1 spiro atoms. The SMILES string of the molecule is C=C(N)/C=C\C(=C/N)c1c(CC)ncnc1-c1cc(F)c(C(=O)N2CC3(CN(C)C3)C2)c(F)c1. The van der Waals surface area contributed by atoms with Crippen LogP contribution < -0.4 is 11.5 Å². The molecule has 2 saturated heterocycles. The van der Waals surface area contributed by atoms with Crippen LogP contribution in [0.5, 0.6) is 0 Å². The van der Waals surface area contributed by atoms with Crippen molar-refractivity contribution in [3.05, 3.63) is 77.5 Å². The van der Waals surface area contributed by atoms with Gasteiger partial charge in [0, 0.05) is 60.2 Å². The summed E-state index contributed by atoms with van der Waals surface area (Å²) in [6, 6.07) is 2.27. The molecule has 0 aliphatic carbocycles. The Bertz CT molecular complexity index is 1180. The molecule has 2 aliphatic heterocycles. The second-order valence-corrected chi connectivity index (χ2v) is 9.08. The van der Waals surface area contributed by atoms with Gasteiger partial charge in [-0.05, 0) is 31.7 Å². The van der Waals surface area contributed by atoms with Gasteiger partial charge in [0.1, 0.15) is 23.5 Å². The zero-order valence-electron chi connectivity index (χ0n) is 19.3. The van der Waals surface area contributed by atoms with Crippen LogP contribution in [0.3, 0.4) is 0 Å². The first-order valence-corrected chi connectivity index (χ1v) is 11.0. The highest BCUT2D eigenvalue weighted by molar-refractivity contribution is 5.96. The van der Waals surface area contributed by atoms with Crippen LogP contribution >= 0.6 is 0 Å². The molecule has 2 fully saturated rings. The molecule has 0 radical (unpaired) electrons. The van der Waals surface area contributed by atoms with Crippen LogP contribution in [-0.4, -0.2) is 58.9 Å². The average Bonchev–Trinajstić information content (AvgIpc) is 2.74. The predicted molar refractivity (Wildman–Crippen MR) is 127 cm³/mol. The molecule has 4 N–H and O–H groups in total. The fourth-order valence-electron chi connectivity index (χ4n) is 4.91. The molecular formula is C25H28F2N6O. The van der Waals surface area contributed by atoms with Crippen molar-refractivity contribution in [1.82, 2.24) is 19.8 Å². The Hall–Kier alpha value is -3.59. The lowest BCUT2D eigenvalue weighted by atomic mass is 9.73. The maximum Gasteiger partial charge on any atom is 0.259 e. The zero-order valence-corrected chi connectivity index (χ0v) is 19.3. The smallest absolute Gasteiger partial charge is 0.259 e. The van der Waals surface area contributed by atoms with E-state index in [0.717, 1.165) is 25.2 Å². The van der Waals surface area contributed by atoms with Crippen molar-refractivity contribution in [2.24, 2.45) is 16.9 Å². The number of aryl methyl sites for hydroxylation is 1. The van der Waals surface area contributed by atoms with Gasteiger partial charge in [-0.3, -0.25) is 4.79 Å². The molecule has 3 heterocycles. The fourth-order valence-corrected chi connectivity index (χ4v) is 4.91. The molecular weight excluding hydrogens is 438 g/mol. The quantitative estimate of drug-likeness (QED) is 0.635. The monoisotopic (exact) mass is 466 g/mol. The van der Waals surface area contributed by atoms with Gasteiger partial charge in [-0.1, -0.05) is 19.6 Å². The van der Waals surface area contributed by atoms with Gasteiger partial charge in [-0.25, -0.2) is 18.7 Å². The molecule has 1 amide bonds. The average molecular weight is 467 g/mol. The third-order valence-electron chi connectivity index (χ3n) is 6.29. The number of hydrogen-bond donors (Lipinski definition) is 2. The van der Waals surface area contributed by atoms with Crippen molar-refractivity contribution >= 4 is 11.5 Å². The van der Waals surface area contributed by atoms with Crippen LogP contribution in [0.4, 0.5) is 8.78 Å². The molecule has 0 atom stereocenters. The summed E-state index contributed by atoms with van der Waals surface area (Å²) in [5, 5.41) is 0. The van der Waals surface area contributed by atoms with E-state index in [1.165, 1.54) is 17.4 Å². The Kier molecular flexibility index (Phi) is 6.22. The number of nitrogens with zero attached hydrogens (tertiary/aromatic N) is 4. The minimum atomic E-state index is -0.932. The lowest BCUT2D eigenvalue weighted by molar-refractivity contribution is -0.0874. The van der Waals surface area contributed by atoms with Gasteiger partial charge in [0.25, 0.3) is 5.91 Å². The van der Waals surface area contributed by atoms with Gasteiger partial charge < -0.3 is 21.3 Å². The van der Waals surface area contributed by atoms with Crippen molar-refractivity contribution in [2.75, 3.05) is 33.2 Å². The van der Waals surface area contributed by atoms with E-state index in [-0.39, 0.29) is 11.0 Å². The molecule has 0 bridgehead atoms. The third kappa shape index (κ3) is 4.19. The van der Waals surface area contributed by atoms with Gasteiger partial charge in [0.05, 0.1) is 11.4 Å². The molecule has 0 saturated carbocycles. The lowest BCUT2D eigenvalue weighted by Gasteiger charge is -2.59. The number of aromatic nitrogens is 2. The summed E-state index contributed by atoms with van der Waals surface area (Å²) >= 11 is 0. The number of nitrogens with two attached hydrogens (primary N) is 2. The fraction of sp³-hybridized carbons (Fsp3) is 0.320. The first-order chi connectivity index (χ1) is 16.2. The molecule has 2 aromatic rings. The number of carbonyl (C=O) groups excluding carboxylic acids is 1. The minimum absolute atomic E-state index is 0.0665. The first-order valence-electron chi connectivity index (χ1n) is 11.0. The molecule has 1 aromatic heterocycles. The largest absolute Gasteiger partial charge is 0.404 e. The summed E-state index contributed by atoms with van der Waals surface area (Å²) in [6.07, 6.45) is 6.43. The van der Waals surface area contributed by atoms with E-state index in [9.17, 15) is 4.79 Å². The molecule has 34 heavy (non-hydrogen) atoms. The second-order valence-electron chi connectivity index (χ2n) is 9.08. The molecule has 7 nitrogen and oxygen atoms in total. The lowest BCUT2D eigenvalue weighted by Crippen LogP contribution is -2.72. The summed E-state index contributed by atoms with van der Waals surface area (Å²) in [4.78, 5) is 25.1. The van der Waals surface area contributed by atoms with E-state index in [1.54, 1.807) is 12.2 Å². The van der Waals surface area contributed by atoms with Crippen molar-refractivity contribution in [3.63, 3.8) is 0 Å². The molecule has 1 aromatic carbocycles. The maximum absolute atomic E-state index is 15.1. The van der Waals surface area contributed by atoms with Crippen molar-refractivity contribution in [1.29, 1.82) is 0 Å². The second kappa shape index (κ2) is 8.98. The van der Waals surface area contributed by atoms with Gasteiger partial charge >= 0.3 is 0 Å². The number of carbonyl (C=O) groups is 1. The van der Waals surface area contributed by atoms with E-state index in [4.69, 9.17) is 11.5 Å². The zero-order chi connectivity index (χ0) is 24.6. The Balaban J connectivity index is 1.70. The van der Waals surface area contributed by atoms with Gasteiger partial charge in [-0.2, -0.15) is 0 Å². The Morgan fingerprint density at radius 1 is 1.15 bits per heavy atom. The number of halogens is 2.